The molecule has 0 bridgehead atoms. The van der Waals surface area contributed by atoms with Crippen LogP contribution in [0.5, 0.6) is 0 Å². The van der Waals surface area contributed by atoms with E-state index in [2.05, 4.69) is 10.1 Å². The Labute approximate surface area is 83.7 Å². The number of nitrogens with two attached hydrogens (primary N) is 1. The van der Waals surface area contributed by atoms with Crippen molar-refractivity contribution in [2.45, 2.75) is 20.4 Å². The average Bonchev–Trinajstić information content (AvgIpc) is 2.63. The largest absolute Gasteiger partial charge is 0.326 e. The predicted molar refractivity (Wildman–Crippen MR) is 57.7 cm³/mol. The van der Waals surface area contributed by atoms with Crippen molar-refractivity contribution in [3.05, 3.63) is 24.0 Å². The Kier molecular flexibility index (Phi) is 3.59. The Morgan fingerprint density at radius 2 is 2.07 bits per heavy atom. The van der Waals surface area contributed by atoms with E-state index in [1.54, 1.807) is 17.1 Å². The molecule has 0 spiro atoms. The fourth-order valence-electron chi connectivity index (χ4n) is 1.20. The molecule has 0 aliphatic carbocycles. The van der Waals surface area contributed by atoms with Gasteiger partial charge in [0.15, 0.2) is 5.65 Å². The molecule has 2 N–H and O–H groups in total. The summed E-state index contributed by atoms with van der Waals surface area (Å²) in [4.78, 5) is 4.23. The molecule has 0 amide bonds. The number of aryl methyl sites for hydroxylation is 1. The number of aromatic nitrogens is 3. The summed E-state index contributed by atoms with van der Waals surface area (Å²) < 4.78 is 1.75. The lowest BCUT2D eigenvalue weighted by atomic mass is 10.2. The van der Waals surface area contributed by atoms with Crippen molar-refractivity contribution in [3.8, 4) is 0 Å². The maximum absolute atomic E-state index is 5.48. The molecule has 0 aromatic carbocycles. The second kappa shape index (κ2) is 4.72. The van der Waals surface area contributed by atoms with E-state index in [1.165, 1.54) is 0 Å². The van der Waals surface area contributed by atoms with Crippen molar-refractivity contribution in [2.24, 2.45) is 12.8 Å². The van der Waals surface area contributed by atoms with E-state index >= 15 is 0 Å². The molecule has 2 aromatic heterocycles. The molecular weight excluding hydrogens is 176 g/mol. The van der Waals surface area contributed by atoms with Gasteiger partial charge >= 0.3 is 0 Å². The van der Waals surface area contributed by atoms with Crippen molar-refractivity contribution in [3.63, 3.8) is 0 Å². The average molecular weight is 192 g/mol. The third-order valence-electron chi connectivity index (χ3n) is 1.86. The van der Waals surface area contributed by atoms with Crippen LogP contribution in [0.4, 0.5) is 0 Å². The second-order valence-corrected chi connectivity index (χ2v) is 2.73. The molecule has 2 heterocycles. The molecule has 0 fully saturated rings. The highest BCUT2D eigenvalue weighted by molar-refractivity contribution is 5.74. The fourth-order valence-corrected chi connectivity index (χ4v) is 1.20. The number of rotatable bonds is 1. The van der Waals surface area contributed by atoms with E-state index in [1.807, 2.05) is 27.0 Å². The predicted octanol–water partition coefficient (Wildman–Crippen LogP) is 1.45. The smallest absolute Gasteiger partial charge is 0.157 e. The van der Waals surface area contributed by atoms with E-state index < -0.39 is 0 Å². The molecule has 0 saturated carbocycles. The van der Waals surface area contributed by atoms with Gasteiger partial charge in [-0.1, -0.05) is 13.8 Å². The van der Waals surface area contributed by atoms with E-state index in [4.69, 9.17) is 5.73 Å². The number of hydrogen-bond acceptors (Lipinski definition) is 3. The van der Waals surface area contributed by atoms with Crippen molar-refractivity contribution in [1.29, 1.82) is 0 Å². The zero-order chi connectivity index (χ0) is 10.6. The van der Waals surface area contributed by atoms with Gasteiger partial charge in [-0.2, -0.15) is 5.10 Å². The Bertz CT molecular complexity index is 405. The van der Waals surface area contributed by atoms with Gasteiger partial charge in [-0.3, -0.25) is 4.68 Å². The summed E-state index contributed by atoms with van der Waals surface area (Å²) in [6, 6.07) is 2.01. The van der Waals surface area contributed by atoms with E-state index in [-0.39, 0.29) is 0 Å². The Morgan fingerprint density at radius 1 is 1.36 bits per heavy atom. The molecule has 14 heavy (non-hydrogen) atoms. The van der Waals surface area contributed by atoms with Crippen molar-refractivity contribution in [1.82, 2.24) is 14.8 Å². The fraction of sp³-hybridized carbons (Fsp3) is 0.400. The van der Waals surface area contributed by atoms with E-state index in [0.717, 1.165) is 16.6 Å². The van der Waals surface area contributed by atoms with Crippen molar-refractivity contribution < 1.29 is 0 Å². The third kappa shape index (κ3) is 1.90. The van der Waals surface area contributed by atoms with Crippen LogP contribution in [-0.4, -0.2) is 14.8 Å². The number of hydrogen-bond donors (Lipinski definition) is 1. The highest BCUT2D eigenvalue weighted by Crippen LogP contribution is 2.10. The zero-order valence-corrected chi connectivity index (χ0v) is 8.86. The quantitative estimate of drug-likeness (QED) is 0.744. The molecule has 76 valence electrons. The zero-order valence-electron chi connectivity index (χ0n) is 8.86. The summed E-state index contributed by atoms with van der Waals surface area (Å²) in [6.45, 7) is 4.53. The van der Waals surface area contributed by atoms with Gasteiger partial charge in [-0.25, -0.2) is 4.98 Å². The van der Waals surface area contributed by atoms with Crippen LogP contribution in [0.2, 0.25) is 0 Å². The van der Waals surface area contributed by atoms with Crippen LogP contribution in [0.25, 0.3) is 11.0 Å². The topological polar surface area (TPSA) is 56.7 Å². The summed E-state index contributed by atoms with van der Waals surface area (Å²) >= 11 is 0. The van der Waals surface area contributed by atoms with Gasteiger partial charge in [0.2, 0.25) is 0 Å². The molecule has 0 radical (unpaired) electrons. The molecule has 2 aromatic rings. The minimum Gasteiger partial charge on any atom is -0.326 e. The molecular formula is C10H16N4. The number of fused-ring (bicyclic) bond motifs is 1. The van der Waals surface area contributed by atoms with Crippen LogP contribution in [0, 0.1) is 0 Å². The Morgan fingerprint density at radius 3 is 2.71 bits per heavy atom. The third-order valence-corrected chi connectivity index (χ3v) is 1.86. The molecule has 0 aliphatic rings. The first-order valence-electron chi connectivity index (χ1n) is 4.78. The summed E-state index contributed by atoms with van der Waals surface area (Å²) in [6.07, 6.45) is 3.57. The lowest BCUT2D eigenvalue weighted by Gasteiger charge is -1.95. The summed E-state index contributed by atoms with van der Waals surface area (Å²) in [7, 11) is 1.87. The first-order chi connectivity index (χ1) is 6.81. The summed E-state index contributed by atoms with van der Waals surface area (Å²) in [5.41, 5.74) is 7.41. The first-order valence-corrected chi connectivity index (χ1v) is 4.78. The van der Waals surface area contributed by atoms with Gasteiger partial charge in [-0.05, 0) is 11.6 Å². The van der Waals surface area contributed by atoms with Gasteiger partial charge in [0.25, 0.3) is 0 Å². The van der Waals surface area contributed by atoms with Crippen LogP contribution in [0.15, 0.2) is 18.5 Å². The van der Waals surface area contributed by atoms with Crippen LogP contribution in [0.3, 0.4) is 0 Å². The van der Waals surface area contributed by atoms with Crippen LogP contribution in [-0.2, 0) is 13.6 Å². The van der Waals surface area contributed by atoms with Gasteiger partial charge in [0.05, 0.1) is 6.20 Å². The van der Waals surface area contributed by atoms with Crippen molar-refractivity contribution in [2.75, 3.05) is 0 Å². The van der Waals surface area contributed by atoms with Crippen LogP contribution in [0.1, 0.15) is 19.4 Å². The maximum atomic E-state index is 5.48. The van der Waals surface area contributed by atoms with Crippen LogP contribution < -0.4 is 5.73 Å². The standard InChI is InChI=1S/C8H10N4.C2H6/c1-12-8-7(5-11-12)2-6(3-9)4-10-8;1-2/h2,4-5H,3,9H2,1H3;1-2H3. The lowest BCUT2D eigenvalue weighted by Crippen LogP contribution is -1.97. The van der Waals surface area contributed by atoms with Gasteiger partial charge in [0, 0.05) is 25.2 Å². The normalized spacial score (nSPS) is 9.71. The van der Waals surface area contributed by atoms with Gasteiger partial charge in [-0.15, -0.1) is 0 Å². The first kappa shape index (κ1) is 10.7. The molecule has 0 atom stereocenters. The molecule has 0 saturated heterocycles. The van der Waals surface area contributed by atoms with E-state index in [0.29, 0.717) is 6.54 Å². The van der Waals surface area contributed by atoms with Gasteiger partial charge < -0.3 is 5.73 Å². The monoisotopic (exact) mass is 192 g/mol. The Balaban J connectivity index is 0.000000461. The lowest BCUT2D eigenvalue weighted by molar-refractivity contribution is 0.786. The maximum Gasteiger partial charge on any atom is 0.157 e. The number of pyridine rings is 1. The second-order valence-electron chi connectivity index (χ2n) is 2.73. The molecule has 4 heteroatoms. The molecule has 2 rings (SSSR count). The minimum absolute atomic E-state index is 0.526. The summed E-state index contributed by atoms with van der Waals surface area (Å²) in [5.74, 6) is 0. The highest BCUT2D eigenvalue weighted by Gasteiger charge is 2.00. The number of nitrogens with zero attached hydrogens (tertiary/aromatic N) is 3. The minimum atomic E-state index is 0.526. The molecule has 4 nitrogen and oxygen atoms in total. The molecule has 0 unspecified atom stereocenters. The highest BCUT2D eigenvalue weighted by atomic mass is 15.3. The molecule has 0 aliphatic heterocycles. The van der Waals surface area contributed by atoms with E-state index in [9.17, 15) is 0 Å². The Hall–Kier alpha value is -1.42. The van der Waals surface area contributed by atoms with Crippen molar-refractivity contribution >= 4 is 11.0 Å². The SMILES string of the molecule is CC.Cn1ncc2cc(CN)cnc21. The summed E-state index contributed by atoms with van der Waals surface area (Å²) in [5, 5.41) is 5.13. The van der Waals surface area contributed by atoms with Crippen LogP contribution >= 0.6 is 0 Å². The van der Waals surface area contributed by atoms with Gasteiger partial charge in [0.1, 0.15) is 0 Å².